The summed E-state index contributed by atoms with van der Waals surface area (Å²) in [7, 11) is 0. The predicted octanol–water partition coefficient (Wildman–Crippen LogP) is 1.48. The molecule has 16 heavy (non-hydrogen) atoms. The summed E-state index contributed by atoms with van der Waals surface area (Å²) in [6, 6.07) is 8.17. The summed E-state index contributed by atoms with van der Waals surface area (Å²) in [5.74, 6) is 0.152. The summed E-state index contributed by atoms with van der Waals surface area (Å²) in [6.07, 6.45) is 1.35. The Morgan fingerprint density at radius 3 is 2.69 bits per heavy atom. The van der Waals surface area contributed by atoms with Crippen LogP contribution < -0.4 is 0 Å². The Kier molecular flexibility index (Phi) is 3.25. The minimum absolute atomic E-state index is 0.00815. The number of carbonyl (C=O) groups is 1. The number of rotatable bonds is 3. The van der Waals surface area contributed by atoms with Crippen LogP contribution in [0.1, 0.15) is 24.0 Å². The Bertz CT molecular complexity index is 372. The van der Waals surface area contributed by atoms with Gasteiger partial charge in [-0.2, -0.15) is 0 Å². The lowest BCUT2D eigenvalue weighted by Gasteiger charge is -2.23. The number of carbonyl (C=O) groups excluding carboxylic acids is 1. The molecule has 0 aromatic heterocycles. The van der Waals surface area contributed by atoms with Gasteiger partial charge in [-0.05, 0) is 18.9 Å². The van der Waals surface area contributed by atoms with Crippen LogP contribution in [-0.4, -0.2) is 28.6 Å². The first-order valence-corrected chi connectivity index (χ1v) is 5.66. The van der Waals surface area contributed by atoms with Gasteiger partial charge in [-0.3, -0.25) is 4.79 Å². The van der Waals surface area contributed by atoms with Gasteiger partial charge in [0.15, 0.2) is 0 Å². The summed E-state index contributed by atoms with van der Waals surface area (Å²) in [6.45, 7) is 2.73. The first kappa shape index (κ1) is 11.1. The number of benzene rings is 1. The Morgan fingerprint density at radius 1 is 1.38 bits per heavy atom. The van der Waals surface area contributed by atoms with Crippen LogP contribution in [0.25, 0.3) is 0 Å². The monoisotopic (exact) mass is 219 g/mol. The summed E-state index contributed by atoms with van der Waals surface area (Å²) in [5.41, 5.74) is 2.34. The highest BCUT2D eigenvalue weighted by Gasteiger charge is 2.29. The molecule has 1 unspecified atom stereocenters. The van der Waals surface area contributed by atoms with E-state index in [1.165, 1.54) is 5.56 Å². The molecule has 0 radical (unpaired) electrons. The third kappa shape index (κ3) is 2.25. The largest absolute Gasteiger partial charge is 0.394 e. The van der Waals surface area contributed by atoms with E-state index in [9.17, 15) is 9.90 Å². The molecule has 1 saturated heterocycles. The number of nitrogens with zero attached hydrogens (tertiary/aromatic N) is 1. The van der Waals surface area contributed by atoms with Gasteiger partial charge in [-0.15, -0.1) is 0 Å². The molecular formula is C13H17NO2. The van der Waals surface area contributed by atoms with Crippen LogP contribution in [0.5, 0.6) is 0 Å². The van der Waals surface area contributed by atoms with Gasteiger partial charge in [0, 0.05) is 13.0 Å². The number of aryl methyl sites for hydroxylation is 1. The van der Waals surface area contributed by atoms with Crippen LogP contribution >= 0.6 is 0 Å². The van der Waals surface area contributed by atoms with Gasteiger partial charge in [-0.1, -0.05) is 29.8 Å². The van der Waals surface area contributed by atoms with E-state index in [2.05, 4.69) is 0 Å². The van der Waals surface area contributed by atoms with E-state index in [0.717, 1.165) is 12.0 Å². The molecule has 1 fully saturated rings. The molecule has 1 atom stereocenters. The Labute approximate surface area is 95.7 Å². The van der Waals surface area contributed by atoms with Gasteiger partial charge in [0.1, 0.15) is 0 Å². The highest BCUT2D eigenvalue weighted by molar-refractivity contribution is 5.78. The summed E-state index contributed by atoms with van der Waals surface area (Å²) in [4.78, 5) is 13.4. The molecule has 1 aliphatic rings. The van der Waals surface area contributed by atoms with Crippen molar-refractivity contribution in [1.29, 1.82) is 0 Å². The zero-order chi connectivity index (χ0) is 11.5. The van der Waals surface area contributed by atoms with Crippen LogP contribution in [0.15, 0.2) is 24.3 Å². The van der Waals surface area contributed by atoms with Crippen molar-refractivity contribution in [1.82, 2.24) is 4.90 Å². The van der Waals surface area contributed by atoms with Crippen molar-refractivity contribution in [2.75, 3.05) is 6.61 Å². The van der Waals surface area contributed by atoms with Crippen LogP contribution in [0.4, 0.5) is 0 Å². The maximum absolute atomic E-state index is 11.6. The molecule has 0 saturated carbocycles. The smallest absolute Gasteiger partial charge is 0.223 e. The minimum atomic E-state index is 0.00815. The fourth-order valence-corrected chi connectivity index (χ4v) is 2.09. The maximum atomic E-state index is 11.6. The fourth-order valence-electron chi connectivity index (χ4n) is 2.09. The zero-order valence-electron chi connectivity index (χ0n) is 9.52. The Hall–Kier alpha value is -1.35. The van der Waals surface area contributed by atoms with E-state index >= 15 is 0 Å². The molecule has 3 nitrogen and oxygen atoms in total. The molecule has 0 aliphatic carbocycles. The summed E-state index contributed by atoms with van der Waals surface area (Å²) >= 11 is 0. The average Bonchev–Trinajstić information content (AvgIpc) is 2.63. The molecule has 0 spiro atoms. The van der Waals surface area contributed by atoms with Crippen LogP contribution in [0.2, 0.25) is 0 Å². The van der Waals surface area contributed by atoms with E-state index in [1.54, 1.807) is 4.90 Å². The molecule has 1 N–H and O–H groups in total. The second-order valence-corrected chi connectivity index (χ2v) is 4.38. The van der Waals surface area contributed by atoms with Crippen LogP contribution in [0, 0.1) is 6.92 Å². The topological polar surface area (TPSA) is 40.5 Å². The highest BCUT2D eigenvalue weighted by Crippen LogP contribution is 2.21. The van der Waals surface area contributed by atoms with Gasteiger partial charge < -0.3 is 10.0 Å². The number of likely N-dealkylation sites (tertiary alicyclic amines) is 1. The highest BCUT2D eigenvalue weighted by atomic mass is 16.3. The molecule has 1 aromatic carbocycles. The van der Waals surface area contributed by atoms with E-state index in [4.69, 9.17) is 0 Å². The van der Waals surface area contributed by atoms with E-state index < -0.39 is 0 Å². The molecule has 3 heteroatoms. The van der Waals surface area contributed by atoms with E-state index in [-0.39, 0.29) is 18.6 Å². The first-order chi connectivity index (χ1) is 7.70. The molecule has 0 bridgehead atoms. The van der Waals surface area contributed by atoms with Gasteiger partial charge in [-0.25, -0.2) is 0 Å². The number of aliphatic hydroxyl groups is 1. The molecule has 86 valence electrons. The first-order valence-electron chi connectivity index (χ1n) is 5.66. The Morgan fingerprint density at radius 2 is 2.06 bits per heavy atom. The molecule has 1 aliphatic heterocycles. The van der Waals surface area contributed by atoms with Crippen molar-refractivity contribution in [2.24, 2.45) is 0 Å². The SMILES string of the molecule is Cc1ccc(CN2C(=O)CCC2CO)cc1. The van der Waals surface area contributed by atoms with E-state index in [0.29, 0.717) is 13.0 Å². The number of amides is 1. The maximum Gasteiger partial charge on any atom is 0.223 e. The molecular weight excluding hydrogens is 202 g/mol. The lowest BCUT2D eigenvalue weighted by Crippen LogP contribution is -2.34. The van der Waals surface area contributed by atoms with Crippen molar-refractivity contribution < 1.29 is 9.90 Å². The van der Waals surface area contributed by atoms with E-state index in [1.807, 2.05) is 31.2 Å². The van der Waals surface area contributed by atoms with Crippen molar-refractivity contribution in [3.05, 3.63) is 35.4 Å². The number of hydrogen-bond donors (Lipinski definition) is 1. The van der Waals surface area contributed by atoms with Crippen molar-refractivity contribution in [2.45, 2.75) is 32.4 Å². The summed E-state index contributed by atoms with van der Waals surface area (Å²) in [5, 5.41) is 9.18. The van der Waals surface area contributed by atoms with Gasteiger partial charge in [0.05, 0.1) is 12.6 Å². The van der Waals surface area contributed by atoms with Crippen molar-refractivity contribution in [3.63, 3.8) is 0 Å². The van der Waals surface area contributed by atoms with Crippen molar-refractivity contribution in [3.8, 4) is 0 Å². The normalized spacial score (nSPS) is 20.5. The quantitative estimate of drug-likeness (QED) is 0.836. The van der Waals surface area contributed by atoms with Crippen LogP contribution in [0.3, 0.4) is 0 Å². The lowest BCUT2D eigenvalue weighted by atomic mass is 10.1. The second kappa shape index (κ2) is 4.66. The molecule has 2 rings (SSSR count). The molecule has 1 heterocycles. The summed E-state index contributed by atoms with van der Waals surface area (Å²) < 4.78 is 0. The predicted molar refractivity (Wildman–Crippen MR) is 61.8 cm³/mol. The fraction of sp³-hybridized carbons (Fsp3) is 0.462. The Balaban J connectivity index is 2.08. The third-order valence-corrected chi connectivity index (χ3v) is 3.14. The minimum Gasteiger partial charge on any atom is -0.394 e. The van der Waals surface area contributed by atoms with Crippen LogP contribution in [-0.2, 0) is 11.3 Å². The van der Waals surface area contributed by atoms with Gasteiger partial charge >= 0.3 is 0 Å². The lowest BCUT2D eigenvalue weighted by molar-refractivity contribution is -0.130. The molecule has 1 aromatic rings. The number of hydrogen-bond acceptors (Lipinski definition) is 2. The third-order valence-electron chi connectivity index (χ3n) is 3.14. The second-order valence-electron chi connectivity index (χ2n) is 4.38. The average molecular weight is 219 g/mol. The van der Waals surface area contributed by atoms with Gasteiger partial charge in [0.25, 0.3) is 0 Å². The standard InChI is InChI=1S/C13H17NO2/c1-10-2-4-11(5-3-10)8-14-12(9-15)6-7-13(14)16/h2-5,12,15H,6-9H2,1H3. The van der Waals surface area contributed by atoms with Gasteiger partial charge in [0.2, 0.25) is 5.91 Å². The van der Waals surface area contributed by atoms with Crippen molar-refractivity contribution >= 4 is 5.91 Å². The number of aliphatic hydroxyl groups excluding tert-OH is 1. The zero-order valence-corrected chi connectivity index (χ0v) is 9.52. The molecule has 1 amide bonds.